The molecule has 0 aliphatic carbocycles. The summed E-state index contributed by atoms with van der Waals surface area (Å²) in [4.78, 5) is 23.4. The van der Waals surface area contributed by atoms with Crippen LogP contribution < -0.4 is 5.09 Å². The van der Waals surface area contributed by atoms with Crippen molar-refractivity contribution in [2.24, 2.45) is 15.9 Å². The second-order valence-electron chi connectivity index (χ2n) is 6.02. The lowest BCUT2D eigenvalue weighted by Gasteiger charge is -2.30. The van der Waals surface area contributed by atoms with Gasteiger partial charge in [0.1, 0.15) is 5.84 Å². The molecule has 0 aromatic heterocycles. The standard InChI is InChI=1S/C16H23N4O2P/c1-3-10-4-5-17-13(6-10)15-18-8-12(16(21)22-2)14-7-11(19-23)9-20(14)15/h4-5,10-11,19H,3,6-9,23H2,1-2H3. The van der Waals surface area contributed by atoms with Crippen molar-refractivity contribution in [2.75, 3.05) is 20.2 Å². The third kappa shape index (κ3) is 3.10. The van der Waals surface area contributed by atoms with Crippen LogP contribution in [-0.4, -0.2) is 48.7 Å². The SMILES string of the molecule is CCC1C=CN=C(C2=NCC(C(=O)OC)=C3CC(NP)CN23)C1. The highest BCUT2D eigenvalue weighted by molar-refractivity contribution is 7.13. The average molecular weight is 334 g/mol. The number of amidine groups is 1. The number of nitrogens with zero attached hydrogens (tertiary/aromatic N) is 3. The maximum atomic E-state index is 12.0. The first-order chi connectivity index (χ1) is 11.2. The summed E-state index contributed by atoms with van der Waals surface area (Å²) >= 11 is 0. The molecule has 124 valence electrons. The minimum atomic E-state index is -0.283. The van der Waals surface area contributed by atoms with Gasteiger partial charge in [-0.2, -0.15) is 0 Å². The summed E-state index contributed by atoms with van der Waals surface area (Å²) < 4.78 is 4.92. The lowest BCUT2D eigenvalue weighted by atomic mass is 9.96. The molecule has 23 heavy (non-hydrogen) atoms. The highest BCUT2D eigenvalue weighted by Crippen LogP contribution is 2.31. The molecule has 1 fully saturated rings. The zero-order valence-corrected chi connectivity index (χ0v) is 14.7. The Morgan fingerprint density at radius 1 is 1.52 bits per heavy atom. The van der Waals surface area contributed by atoms with Crippen LogP contribution in [-0.2, 0) is 9.53 Å². The number of hydrogen-bond donors (Lipinski definition) is 1. The molecule has 3 atom stereocenters. The number of ether oxygens (including phenoxy) is 1. The predicted molar refractivity (Wildman–Crippen MR) is 94.3 cm³/mol. The van der Waals surface area contributed by atoms with Gasteiger partial charge in [-0.25, -0.2) is 4.79 Å². The van der Waals surface area contributed by atoms with E-state index in [1.807, 2.05) is 6.20 Å². The van der Waals surface area contributed by atoms with Crippen LogP contribution in [0.15, 0.2) is 33.5 Å². The highest BCUT2D eigenvalue weighted by atomic mass is 31.0. The first-order valence-electron chi connectivity index (χ1n) is 8.00. The van der Waals surface area contributed by atoms with Crippen LogP contribution in [0.4, 0.5) is 0 Å². The first-order valence-corrected chi connectivity index (χ1v) is 8.57. The molecule has 0 aromatic rings. The van der Waals surface area contributed by atoms with Crippen LogP contribution in [0, 0.1) is 5.92 Å². The fraction of sp³-hybridized carbons (Fsp3) is 0.562. The minimum Gasteiger partial charge on any atom is -0.466 e. The van der Waals surface area contributed by atoms with E-state index in [-0.39, 0.29) is 12.0 Å². The molecule has 7 heteroatoms. The largest absolute Gasteiger partial charge is 0.466 e. The number of carbonyl (C=O) groups is 1. The number of esters is 1. The second kappa shape index (κ2) is 6.93. The van der Waals surface area contributed by atoms with Crippen LogP contribution in [0.1, 0.15) is 26.2 Å². The summed E-state index contributed by atoms with van der Waals surface area (Å²) in [5.74, 6) is 1.14. The number of hydrogen-bond acceptors (Lipinski definition) is 6. The summed E-state index contributed by atoms with van der Waals surface area (Å²) in [6.07, 6.45) is 6.83. The van der Waals surface area contributed by atoms with E-state index in [2.05, 4.69) is 42.4 Å². The predicted octanol–water partition coefficient (Wildman–Crippen LogP) is 1.66. The van der Waals surface area contributed by atoms with Crippen molar-refractivity contribution < 1.29 is 9.53 Å². The quantitative estimate of drug-likeness (QED) is 0.627. The van der Waals surface area contributed by atoms with Crippen molar-refractivity contribution >= 4 is 26.9 Å². The van der Waals surface area contributed by atoms with Gasteiger partial charge in [-0.3, -0.25) is 15.1 Å². The fourth-order valence-corrected chi connectivity index (χ4v) is 3.51. The lowest BCUT2D eigenvalue weighted by Crippen LogP contribution is -2.40. The van der Waals surface area contributed by atoms with Crippen molar-refractivity contribution in [3.8, 4) is 0 Å². The summed E-state index contributed by atoms with van der Waals surface area (Å²) in [5.41, 5.74) is 2.70. The number of rotatable bonds is 4. The number of aliphatic imine (C=N–C) groups is 2. The Hall–Kier alpha value is -1.52. The Labute approximate surface area is 139 Å². The highest BCUT2D eigenvalue weighted by Gasteiger charge is 2.37. The lowest BCUT2D eigenvalue weighted by molar-refractivity contribution is -0.136. The monoisotopic (exact) mass is 334 g/mol. The number of carbonyl (C=O) groups excluding carboxylic acids is 1. The summed E-state index contributed by atoms with van der Waals surface area (Å²) in [5, 5.41) is 3.22. The molecule has 3 aliphatic heterocycles. The van der Waals surface area contributed by atoms with Crippen LogP contribution >= 0.6 is 9.39 Å². The summed E-state index contributed by atoms with van der Waals surface area (Å²) in [7, 11) is 3.98. The summed E-state index contributed by atoms with van der Waals surface area (Å²) in [6, 6.07) is 0.277. The minimum absolute atomic E-state index is 0.277. The molecule has 0 spiro atoms. The van der Waals surface area contributed by atoms with Crippen molar-refractivity contribution in [3.63, 3.8) is 0 Å². The molecule has 1 saturated heterocycles. The van der Waals surface area contributed by atoms with Crippen LogP contribution in [0.3, 0.4) is 0 Å². The van der Waals surface area contributed by atoms with E-state index in [1.54, 1.807) is 0 Å². The molecule has 1 N–H and O–H groups in total. The molecule has 0 aromatic carbocycles. The van der Waals surface area contributed by atoms with Gasteiger partial charge in [-0.15, -0.1) is 0 Å². The van der Waals surface area contributed by atoms with Crippen LogP contribution in [0.5, 0.6) is 0 Å². The number of nitrogens with one attached hydrogen (secondary N) is 1. The molecular formula is C16H23N4O2P. The van der Waals surface area contributed by atoms with Crippen LogP contribution in [0.2, 0.25) is 0 Å². The molecular weight excluding hydrogens is 311 g/mol. The number of methoxy groups -OCH3 is 1. The third-order valence-electron chi connectivity index (χ3n) is 4.65. The maximum absolute atomic E-state index is 12.0. The summed E-state index contributed by atoms with van der Waals surface area (Å²) in [6.45, 7) is 3.35. The topological polar surface area (TPSA) is 66.3 Å². The third-order valence-corrected chi connectivity index (χ3v) is 5.13. The molecule has 0 radical (unpaired) electrons. The molecule has 0 bridgehead atoms. The van der Waals surface area contributed by atoms with Gasteiger partial charge in [0.05, 0.1) is 24.9 Å². The van der Waals surface area contributed by atoms with E-state index in [1.165, 1.54) is 7.11 Å². The van der Waals surface area contributed by atoms with Crippen LogP contribution in [0.25, 0.3) is 0 Å². The van der Waals surface area contributed by atoms with Gasteiger partial charge < -0.3 is 9.64 Å². The molecule has 3 heterocycles. The van der Waals surface area contributed by atoms with E-state index in [0.29, 0.717) is 18.0 Å². The van der Waals surface area contributed by atoms with Crippen molar-refractivity contribution in [2.45, 2.75) is 32.2 Å². The van der Waals surface area contributed by atoms with Gasteiger partial charge in [-0.1, -0.05) is 22.4 Å². The molecule has 3 aliphatic rings. The smallest absolute Gasteiger partial charge is 0.337 e. The Bertz CT molecular complexity index is 624. The molecule has 0 amide bonds. The zero-order valence-electron chi connectivity index (χ0n) is 13.6. The van der Waals surface area contributed by atoms with E-state index >= 15 is 0 Å². The van der Waals surface area contributed by atoms with Crippen molar-refractivity contribution in [1.82, 2.24) is 9.99 Å². The maximum Gasteiger partial charge on any atom is 0.337 e. The van der Waals surface area contributed by atoms with E-state index in [0.717, 1.165) is 43.1 Å². The molecule has 3 rings (SSSR count). The fourth-order valence-electron chi connectivity index (χ4n) is 3.29. The average Bonchev–Trinajstić information content (AvgIpc) is 3.04. The normalized spacial score (nSPS) is 26.8. The van der Waals surface area contributed by atoms with Gasteiger partial charge in [-0.05, 0) is 18.8 Å². The van der Waals surface area contributed by atoms with Gasteiger partial charge in [0, 0.05) is 30.9 Å². The van der Waals surface area contributed by atoms with Crippen molar-refractivity contribution in [1.29, 1.82) is 0 Å². The zero-order chi connectivity index (χ0) is 16.4. The molecule has 0 saturated carbocycles. The number of allylic oxidation sites excluding steroid dienone is 1. The Morgan fingerprint density at radius 3 is 3.04 bits per heavy atom. The van der Waals surface area contributed by atoms with E-state index in [9.17, 15) is 4.79 Å². The van der Waals surface area contributed by atoms with Gasteiger partial charge in [0.2, 0.25) is 0 Å². The Morgan fingerprint density at radius 2 is 2.35 bits per heavy atom. The second-order valence-corrected chi connectivity index (χ2v) is 6.36. The Kier molecular flexibility index (Phi) is 4.93. The van der Waals surface area contributed by atoms with E-state index < -0.39 is 0 Å². The molecule has 6 nitrogen and oxygen atoms in total. The molecule has 3 unspecified atom stereocenters. The first kappa shape index (κ1) is 16.3. The Balaban J connectivity index is 1.90. The van der Waals surface area contributed by atoms with E-state index in [4.69, 9.17) is 4.74 Å². The van der Waals surface area contributed by atoms with Gasteiger partial charge >= 0.3 is 5.97 Å². The van der Waals surface area contributed by atoms with Gasteiger partial charge in [0.25, 0.3) is 0 Å². The van der Waals surface area contributed by atoms with Gasteiger partial charge in [0.15, 0.2) is 0 Å². The van der Waals surface area contributed by atoms with Crippen molar-refractivity contribution in [3.05, 3.63) is 23.5 Å². The number of fused-ring (bicyclic) bond motifs is 1.